The summed E-state index contributed by atoms with van der Waals surface area (Å²) in [5.41, 5.74) is 1.57. The zero-order valence-corrected chi connectivity index (χ0v) is 15.1. The highest BCUT2D eigenvalue weighted by Gasteiger charge is 2.36. The lowest BCUT2D eigenvalue weighted by Gasteiger charge is -2.20. The minimum Gasteiger partial charge on any atom is -0.372 e. The standard InChI is InChI=1S/C16H17N3O3S2/c1-10-8-17-15(18-9-10)14(22-3)11(2)24(20,21)16-19-12-6-4-5-7-13(12)23-16/h4-9,11,14H,1-3H3. The van der Waals surface area contributed by atoms with Crippen LogP contribution in [0.2, 0.25) is 0 Å². The topological polar surface area (TPSA) is 82.0 Å². The number of para-hydroxylation sites is 1. The molecule has 0 bridgehead atoms. The molecule has 2 heterocycles. The van der Waals surface area contributed by atoms with E-state index in [9.17, 15) is 8.42 Å². The molecular weight excluding hydrogens is 346 g/mol. The molecule has 1 aromatic carbocycles. The third-order valence-electron chi connectivity index (χ3n) is 3.74. The third kappa shape index (κ3) is 3.04. The van der Waals surface area contributed by atoms with Gasteiger partial charge in [0.15, 0.2) is 5.82 Å². The molecule has 3 aromatic rings. The lowest BCUT2D eigenvalue weighted by Crippen LogP contribution is -2.28. The van der Waals surface area contributed by atoms with E-state index in [1.807, 2.05) is 25.1 Å². The van der Waals surface area contributed by atoms with Gasteiger partial charge < -0.3 is 4.74 Å². The number of hydrogen-bond donors (Lipinski definition) is 0. The first-order valence-corrected chi connectivity index (χ1v) is 9.70. The van der Waals surface area contributed by atoms with Gasteiger partial charge in [0, 0.05) is 19.5 Å². The van der Waals surface area contributed by atoms with Crippen molar-refractivity contribution < 1.29 is 13.2 Å². The smallest absolute Gasteiger partial charge is 0.210 e. The molecule has 6 nitrogen and oxygen atoms in total. The summed E-state index contributed by atoms with van der Waals surface area (Å²) in [5, 5.41) is -0.856. The molecule has 126 valence electrons. The van der Waals surface area contributed by atoms with E-state index < -0.39 is 21.2 Å². The van der Waals surface area contributed by atoms with E-state index in [4.69, 9.17) is 4.74 Å². The zero-order chi connectivity index (χ0) is 17.3. The van der Waals surface area contributed by atoms with Crippen molar-refractivity contribution in [1.29, 1.82) is 0 Å². The molecule has 0 aliphatic heterocycles. The largest absolute Gasteiger partial charge is 0.372 e. The van der Waals surface area contributed by atoms with E-state index in [0.29, 0.717) is 11.3 Å². The number of thiazole rings is 1. The van der Waals surface area contributed by atoms with Gasteiger partial charge in [-0.05, 0) is 31.5 Å². The van der Waals surface area contributed by atoms with Crippen molar-refractivity contribution in [1.82, 2.24) is 15.0 Å². The van der Waals surface area contributed by atoms with Gasteiger partial charge >= 0.3 is 0 Å². The second-order valence-electron chi connectivity index (χ2n) is 5.47. The van der Waals surface area contributed by atoms with Crippen molar-refractivity contribution in [3.63, 3.8) is 0 Å². The Kier molecular flexibility index (Phi) is 4.62. The summed E-state index contributed by atoms with van der Waals surface area (Å²) in [4.78, 5) is 12.7. The molecule has 24 heavy (non-hydrogen) atoms. The molecule has 0 aliphatic carbocycles. The number of nitrogens with zero attached hydrogens (tertiary/aromatic N) is 3. The maximum Gasteiger partial charge on any atom is 0.210 e. The van der Waals surface area contributed by atoms with Gasteiger partial charge in [-0.1, -0.05) is 12.1 Å². The van der Waals surface area contributed by atoms with E-state index >= 15 is 0 Å². The van der Waals surface area contributed by atoms with Gasteiger partial charge in [0.05, 0.1) is 15.5 Å². The molecule has 0 radical (unpaired) electrons. The van der Waals surface area contributed by atoms with Gasteiger partial charge in [-0.2, -0.15) is 0 Å². The molecule has 2 aromatic heterocycles. The second kappa shape index (κ2) is 6.54. The molecule has 0 saturated heterocycles. The van der Waals surface area contributed by atoms with Gasteiger partial charge in [-0.3, -0.25) is 0 Å². The molecule has 3 rings (SSSR count). The number of ether oxygens (including phenoxy) is 1. The highest BCUT2D eigenvalue weighted by atomic mass is 32.2. The summed E-state index contributed by atoms with van der Waals surface area (Å²) in [6.45, 7) is 3.46. The zero-order valence-electron chi connectivity index (χ0n) is 13.5. The molecule has 0 fully saturated rings. The van der Waals surface area contributed by atoms with Crippen molar-refractivity contribution in [3.8, 4) is 0 Å². The average Bonchev–Trinajstić information content (AvgIpc) is 3.02. The third-order valence-corrected chi connectivity index (χ3v) is 7.32. The first-order chi connectivity index (χ1) is 11.4. The average molecular weight is 363 g/mol. The first-order valence-electron chi connectivity index (χ1n) is 7.34. The number of aromatic nitrogens is 3. The number of methoxy groups -OCH3 is 1. The summed E-state index contributed by atoms with van der Waals surface area (Å²) in [7, 11) is -2.21. The Labute approximate surface area is 144 Å². The monoisotopic (exact) mass is 363 g/mol. The Hall–Kier alpha value is -1.90. The maximum absolute atomic E-state index is 13.0. The maximum atomic E-state index is 13.0. The Bertz CT molecular complexity index is 919. The fourth-order valence-corrected chi connectivity index (χ4v) is 5.34. The van der Waals surface area contributed by atoms with Gasteiger partial charge in [0.1, 0.15) is 6.10 Å². The Morgan fingerprint density at radius 2 is 1.83 bits per heavy atom. The van der Waals surface area contributed by atoms with Crippen LogP contribution in [-0.4, -0.2) is 35.7 Å². The summed E-state index contributed by atoms with van der Waals surface area (Å²) < 4.78 is 32.2. The molecule has 0 aliphatic rings. The minimum absolute atomic E-state index is 0.0883. The van der Waals surface area contributed by atoms with Crippen molar-refractivity contribution in [3.05, 3.63) is 48.0 Å². The van der Waals surface area contributed by atoms with Crippen LogP contribution in [0.3, 0.4) is 0 Å². The Balaban J connectivity index is 1.99. The lowest BCUT2D eigenvalue weighted by atomic mass is 10.2. The summed E-state index contributed by atoms with van der Waals surface area (Å²) in [5.74, 6) is 0.347. The van der Waals surface area contributed by atoms with E-state index in [1.54, 1.807) is 25.4 Å². The van der Waals surface area contributed by atoms with Crippen LogP contribution in [0.5, 0.6) is 0 Å². The number of sulfone groups is 1. The van der Waals surface area contributed by atoms with E-state index in [2.05, 4.69) is 15.0 Å². The minimum atomic E-state index is -3.67. The van der Waals surface area contributed by atoms with Gasteiger partial charge in [-0.25, -0.2) is 23.4 Å². The number of benzene rings is 1. The van der Waals surface area contributed by atoms with Crippen LogP contribution in [0.4, 0.5) is 0 Å². The predicted molar refractivity (Wildman–Crippen MR) is 92.8 cm³/mol. The van der Waals surface area contributed by atoms with Crippen LogP contribution in [0, 0.1) is 6.92 Å². The number of rotatable bonds is 5. The van der Waals surface area contributed by atoms with Crippen LogP contribution in [0.15, 0.2) is 41.0 Å². The Morgan fingerprint density at radius 1 is 1.17 bits per heavy atom. The predicted octanol–water partition coefficient (Wildman–Crippen LogP) is 2.94. The fourth-order valence-electron chi connectivity index (χ4n) is 2.35. The molecule has 0 saturated carbocycles. The molecule has 8 heteroatoms. The van der Waals surface area contributed by atoms with Gasteiger partial charge in [-0.15, -0.1) is 11.3 Å². The number of hydrogen-bond acceptors (Lipinski definition) is 7. The van der Waals surface area contributed by atoms with Crippen LogP contribution in [-0.2, 0) is 14.6 Å². The van der Waals surface area contributed by atoms with E-state index in [1.165, 1.54) is 7.11 Å². The van der Waals surface area contributed by atoms with Crippen LogP contribution in [0.25, 0.3) is 10.2 Å². The van der Waals surface area contributed by atoms with Crippen LogP contribution < -0.4 is 0 Å². The molecule has 2 atom stereocenters. The molecule has 0 amide bonds. The lowest BCUT2D eigenvalue weighted by molar-refractivity contribution is 0.0948. The summed E-state index contributed by atoms with van der Waals surface area (Å²) >= 11 is 1.16. The quantitative estimate of drug-likeness (QED) is 0.693. The van der Waals surface area contributed by atoms with Gasteiger partial charge in [0.25, 0.3) is 0 Å². The molecule has 0 N–H and O–H groups in total. The molecule has 2 unspecified atom stereocenters. The van der Waals surface area contributed by atoms with Crippen LogP contribution in [0.1, 0.15) is 24.4 Å². The Morgan fingerprint density at radius 3 is 2.46 bits per heavy atom. The van der Waals surface area contributed by atoms with Crippen molar-refractivity contribution in [2.24, 2.45) is 0 Å². The normalized spacial score (nSPS) is 14.6. The molecule has 0 spiro atoms. The van der Waals surface area contributed by atoms with E-state index in [-0.39, 0.29) is 4.34 Å². The van der Waals surface area contributed by atoms with Crippen LogP contribution >= 0.6 is 11.3 Å². The SMILES string of the molecule is COC(c1ncc(C)cn1)C(C)S(=O)(=O)c1nc2ccccc2s1. The van der Waals surface area contributed by atoms with Gasteiger partial charge in [0.2, 0.25) is 14.2 Å². The van der Waals surface area contributed by atoms with Crippen molar-refractivity contribution >= 4 is 31.4 Å². The number of aryl methyl sites for hydroxylation is 1. The second-order valence-corrected chi connectivity index (χ2v) is 8.98. The van der Waals surface area contributed by atoms with Crippen molar-refractivity contribution in [2.45, 2.75) is 29.5 Å². The van der Waals surface area contributed by atoms with Crippen molar-refractivity contribution in [2.75, 3.05) is 7.11 Å². The summed E-state index contributed by atoms with van der Waals surface area (Å²) in [6.07, 6.45) is 2.53. The highest BCUT2D eigenvalue weighted by molar-refractivity contribution is 7.94. The highest BCUT2D eigenvalue weighted by Crippen LogP contribution is 2.32. The van der Waals surface area contributed by atoms with E-state index in [0.717, 1.165) is 21.6 Å². The first kappa shape index (κ1) is 16.9. The fraction of sp³-hybridized carbons (Fsp3) is 0.312. The summed E-state index contributed by atoms with van der Waals surface area (Å²) in [6, 6.07) is 7.35. The number of fused-ring (bicyclic) bond motifs is 1. The molecular formula is C16H17N3O3S2.